The Bertz CT molecular complexity index is 522. The Morgan fingerprint density at radius 3 is 2.94 bits per heavy atom. The van der Waals surface area contributed by atoms with Gasteiger partial charge in [0.05, 0.1) is 12.2 Å². The summed E-state index contributed by atoms with van der Waals surface area (Å²) in [4.78, 5) is 14.9. The quantitative estimate of drug-likeness (QED) is 0.849. The highest BCUT2D eigenvalue weighted by atomic mass is 16.4. The molecule has 6 nitrogen and oxygen atoms in total. The average molecular weight is 232 g/mol. The minimum atomic E-state index is -1.04. The van der Waals surface area contributed by atoms with Crippen molar-refractivity contribution in [3.63, 3.8) is 0 Å². The van der Waals surface area contributed by atoms with Gasteiger partial charge in [-0.25, -0.2) is 9.48 Å². The fourth-order valence-corrected chi connectivity index (χ4v) is 1.64. The van der Waals surface area contributed by atoms with Gasteiger partial charge in [-0.3, -0.25) is 4.98 Å². The smallest absolute Gasteiger partial charge is 0.358 e. The van der Waals surface area contributed by atoms with Crippen LogP contribution in [0, 0.1) is 0 Å². The zero-order valence-corrected chi connectivity index (χ0v) is 9.37. The van der Waals surface area contributed by atoms with E-state index in [4.69, 9.17) is 5.11 Å². The lowest BCUT2D eigenvalue weighted by atomic mass is 10.2. The summed E-state index contributed by atoms with van der Waals surface area (Å²) in [6.45, 7) is 2.36. The average Bonchev–Trinajstić information content (AvgIpc) is 2.73. The first-order valence-electron chi connectivity index (χ1n) is 5.27. The maximum Gasteiger partial charge on any atom is 0.358 e. The SMILES string of the molecule is CCc1c(C(=O)O)nnn1Cc1cccnc1. The topological polar surface area (TPSA) is 80.9 Å². The van der Waals surface area contributed by atoms with Gasteiger partial charge in [-0.2, -0.15) is 0 Å². The van der Waals surface area contributed by atoms with Gasteiger partial charge in [0.2, 0.25) is 0 Å². The Labute approximate surface area is 97.9 Å². The fraction of sp³-hybridized carbons (Fsp3) is 0.273. The van der Waals surface area contributed by atoms with Crippen LogP contribution in [0.25, 0.3) is 0 Å². The van der Waals surface area contributed by atoms with Gasteiger partial charge in [0.25, 0.3) is 0 Å². The molecule has 0 spiro atoms. The highest BCUT2D eigenvalue weighted by Gasteiger charge is 2.17. The number of carboxylic acids is 1. The number of carbonyl (C=O) groups is 1. The molecule has 2 heterocycles. The molecule has 2 aromatic heterocycles. The molecule has 17 heavy (non-hydrogen) atoms. The van der Waals surface area contributed by atoms with E-state index < -0.39 is 5.97 Å². The number of aromatic nitrogens is 4. The normalized spacial score (nSPS) is 10.4. The van der Waals surface area contributed by atoms with Crippen LogP contribution in [0.15, 0.2) is 24.5 Å². The van der Waals surface area contributed by atoms with Crippen LogP contribution in [-0.2, 0) is 13.0 Å². The van der Waals surface area contributed by atoms with Crippen molar-refractivity contribution < 1.29 is 9.90 Å². The second-order valence-electron chi connectivity index (χ2n) is 3.56. The molecule has 88 valence electrons. The van der Waals surface area contributed by atoms with Crippen molar-refractivity contribution in [2.75, 3.05) is 0 Å². The summed E-state index contributed by atoms with van der Waals surface area (Å²) in [5.74, 6) is -1.04. The van der Waals surface area contributed by atoms with Crippen LogP contribution in [-0.4, -0.2) is 31.1 Å². The Morgan fingerprint density at radius 2 is 2.35 bits per heavy atom. The van der Waals surface area contributed by atoms with E-state index in [0.717, 1.165) is 5.56 Å². The standard InChI is InChI=1S/C11H12N4O2/c1-2-9-10(11(16)17)13-14-15(9)7-8-4-3-5-12-6-8/h3-6H,2,7H2,1H3,(H,16,17). The van der Waals surface area contributed by atoms with Gasteiger partial charge in [0.15, 0.2) is 5.69 Å². The molecule has 0 bridgehead atoms. The zero-order valence-electron chi connectivity index (χ0n) is 9.37. The van der Waals surface area contributed by atoms with Crippen molar-refractivity contribution in [2.45, 2.75) is 19.9 Å². The van der Waals surface area contributed by atoms with Crippen molar-refractivity contribution in [3.05, 3.63) is 41.5 Å². The van der Waals surface area contributed by atoms with Crippen LogP contribution in [0.5, 0.6) is 0 Å². The van der Waals surface area contributed by atoms with E-state index in [1.807, 2.05) is 19.1 Å². The van der Waals surface area contributed by atoms with Crippen molar-refractivity contribution in [1.29, 1.82) is 0 Å². The van der Waals surface area contributed by atoms with E-state index in [2.05, 4.69) is 15.3 Å². The Hall–Kier alpha value is -2.24. The summed E-state index contributed by atoms with van der Waals surface area (Å²) in [5, 5.41) is 16.5. The van der Waals surface area contributed by atoms with Gasteiger partial charge in [-0.15, -0.1) is 5.10 Å². The molecule has 0 aliphatic carbocycles. The molecule has 0 unspecified atom stereocenters. The number of hydrogen-bond donors (Lipinski definition) is 1. The van der Waals surface area contributed by atoms with Crippen molar-refractivity contribution in [2.24, 2.45) is 0 Å². The lowest BCUT2D eigenvalue weighted by molar-refractivity contribution is 0.0689. The third kappa shape index (κ3) is 2.30. The lowest BCUT2D eigenvalue weighted by Gasteiger charge is -2.04. The van der Waals surface area contributed by atoms with Gasteiger partial charge < -0.3 is 5.11 Å². The molecule has 0 amide bonds. The molecule has 0 aliphatic rings. The summed E-state index contributed by atoms with van der Waals surface area (Å²) in [7, 11) is 0. The molecule has 6 heteroatoms. The van der Waals surface area contributed by atoms with Crippen molar-refractivity contribution in [1.82, 2.24) is 20.0 Å². The van der Waals surface area contributed by atoms with Crippen molar-refractivity contribution >= 4 is 5.97 Å². The molecule has 0 radical (unpaired) electrons. The summed E-state index contributed by atoms with van der Waals surface area (Å²) in [6, 6.07) is 3.74. The van der Waals surface area contributed by atoms with Gasteiger partial charge in [0, 0.05) is 12.4 Å². The number of aromatic carboxylic acids is 1. The lowest BCUT2D eigenvalue weighted by Crippen LogP contribution is -2.08. The third-order valence-corrected chi connectivity index (χ3v) is 2.43. The number of pyridine rings is 1. The highest BCUT2D eigenvalue weighted by Crippen LogP contribution is 2.09. The van der Waals surface area contributed by atoms with E-state index in [0.29, 0.717) is 18.7 Å². The minimum Gasteiger partial charge on any atom is -0.476 e. The highest BCUT2D eigenvalue weighted by molar-refractivity contribution is 5.86. The van der Waals surface area contributed by atoms with Crippen LogP contribution < -0.4 is 0 Å². The maximum absolute atomic E-state index is 10.9. The number of hydrogen-bond acceptors (Lipinski definition) is 4. The van der Waals surface area contributed by atoms with Crippen LogP contribution >= 0.6 is 0 Å². The first-order valence-corrected chi connectivity index (χ1v) is 5.27. The Balaban J connectivity index is 2.31. The van der Waals surface area contributed by atoms with Gasteiger partial charge in [0.1, 0.15) is 0 Å². The van der Waals surface area contributed by atoms with Crippen LogP contribution in [0.1, 0.15) is 28.7 Å². The molecule has 1 N–H and O–H groups in total. The van der Waals surface area contributed by atoms with Gasteiger partial charge >= 0.3 is 5.97 Å². The van der Waals surface area contributed by atoms with E-state index in [9.17, 15) is 4.79 Å². The first kappa shape index (κ1) is 11.3. The van der Waals surface area contributed by atoms with E-state index in [1.165, 1.54) is 0 Å². The fourth-order valence-electron chi connectivity index (χ4n) is 1.64. The molecular formula is C11H12N4O2. The van der Waals surface area contributed by atoms with E-state index in [1.54, 1.807) is 17.1 Å². The monoisotopic (exact) mass is 232 g/mol. The number of nitrogens with zero attached hydrogens (tertiary/aromatic N) is 4. The first-order chi connectivity index (χ1) is 8.22. The second-order valence-corrected chi connectivity index (χ2v) is 3.56. The van der Waals surface area contributed by atoms with Crippen LogP contribution in [0.4, 0.5) is 0 Å². The maximum atomic E-state index is 10.9. The van der Waals surface area contributed by atoms with Crippen LogP contribution in [0.2, 0.25) is 0 Å². The Kier molecular flexibility index (Phi) is 3.13. The zero-order chi connectivity index (χ0) is 12.3. The van der Waals surface area contributed by atoms with Crippen LogP contribution in [0.3, 0.4) is 0 Å². The van der Waals surface area contributed by atoms with E-state index >= 15 is 0 Å². The molecule has 2 aromatic rings. The number of carboxylic acid groups (broad SMARTS) is 1. The largest absolute Gasteiger partial charge is 0.476 e. The molecule has 0 fully saturated rings. The summed E-state index contributed by atoms with van der Waals surface area (Å²) >= 11 is 0. The number of rotatable bonds is 4. The molecule has 2 rings (SSSR count). The third-order valence-electron chi connectivity index (χ3n) is 2.43. The molecule has 0 aliphatic heterocycles. The molecular weight excluding hydrogens is 220 g/mol. The Morgan fingerprint density at radius 1 is 1.53 bits per heavy atom. The predicted molar refractivity (Wildman–Crippen MR) is 59.7 cm³/mol. The molecule has 0 aromatic carbocycles. The van der Waals surface area contributed by atoms with Gasteiger partial charge in [-0.1, -0.05) is 18.2 Å². The molecule has 0 saturated carbocycles. The molecule has 0 saturated heterocycles. The minimum absolute atomic E-state index is 0.0244. The molecule has 0 atom stereocenters. The van der Waals surface area contributed by atoms with Crippen molar-refractivity contribution in [3.8, 4) is 0 Å². The van der Waals surface area contributed by atoms with Gasteiger partial charge in [-0.05, 0) is 18.1 Å². The van der Waals surface area contributed by atoms with E-state index in [-0.39, 0.29) is 5.69 Å². The summed E-state index contributed by atoms with van der Waals surface area (Å²) < 4.78 is 1.60. The summed E-state index contributed by atoms with van der Waals surface area (Å²) in [6.07, 6.45) is 3.99. The second kappa shape index (κ2) is 4.73. The summed E-state index contributed by atoms with van der Waals surface area (Å²) in [5.41, 5.74) is 1.61. The predicted octanol–water partition coefficient (Wildman–Crippen LogP) is 0.982.